The van der Waals surface area contributed by atoms with E-state index in [2.05, 4.69) is 10.4 Å². The molecule has 0 unspecified atom stereocenters. The zero-order chi connectivity index (χ0) is 20.2. The molecule has 2 aromatic rings. The zero-order valence-electron chi connectivity index (χ0n) is 13.7. The number of carbonyl (C=O) groups excluding carboxylic acids is 2. The van der Waals surface area contributed by atoms with Crippen LogP contribution in [0.1, 0.15) is 18.1 Å². The summed E-state index contributed by atoms with van der Waals surface area (Å²) in [4.78, 5) is 23.6. The van der Waals surface area contributed by atoms with Crippen molar-refractivity contribution in [3.63, 3.8) is 0 Å². The van der Waals surface area contributed by atoms with Crippen LogP contribution < -0.4 is 10.7 Å². The first-order chi connectivity index (χ1) is 12.6. The molecule has 0 aromatic heterocycles. The van der Waals surface area contributed by atoms with E-state index >= 15 is 0 Å². The van der Waals surface area contributed by atoms with Crippen molar-refractivity contribution in [3.05, 3.63) is 63.6 Å². The topological polar surface area (TPSA) is 70.6 Å². The molecule has 0 spiro atoms. The van der Waals surface area contributed by atoms with Crippen LogP contribution in [-0.2, 0) is 15.8 Å². The molecule has 2 aromatic carbocycles. The van der Waals surface area contributed by atoms with Crippen LogP contribution in [0.5, 0.6) is 0 Å². The molecule has 0 saturated carbocycles. The number of hydrogen-bond donors (Lipinski definition) is 2. The van der Waals surface area contributed by atoms with E-state index in [1.165, 1.54) is 12.1 Å². The number of benzene rings is 2. The number of nitrogens with zero attached hydrogens (tertiary/aromatic N) is 1. The maximum Gasteiger partial charge on any atom is 0.416 e. The van der Waals surface area contributed by atoms with Crippen molar-refractivity contribution in [3.8, 4) is 0 Å². The van der Waals surface area contributed by atoms with Gasteiger partial charge in [0.25, 0.3) is 0 Å². The molecule has 0 aliphatic heterocycles. The zero-order valence-corrected chi connectivity index (χ0v) is 15.2. The van der Waals surface area contributed by atoms with E-state index in [1.54, 1.807) is 19.1 Å². The van der Waals surface area contributed by atoms with E-state index in [1.807, 2.05) is 5.43 Å². The highest BCUT2D eigenvalue weighted by molar-refractivity contribution is 6.40. The monoisotopic (exact) mass is 417 g/mol. The molecule has 27 heavy (non-hydrogen) atoms. The number of hydrazone groups is 1. The number of hydrogen-bond acceptors (Lipinski definition) is 3. The second kappa shape index (κ2) is 8.41. The van der Waals surface area contributed by atoms with Crippen molar-refractivity contribution >= 4 is 46.4 Å². The fourth-order valence-corrected chi connectivity index (χ4v) is 2.53. The Kier molecular flexibility index (Phi) is 6.45. The van der Waals surface area contributed by atoms with E-state index in [-0.39, 0.29) is 5.69 Å². The second-order valence-corrected chi connectivity index (χ2v) is 6.14. The van der Waals surface area contributed by atoms with Crippen molar-refractivity contribution < 1.29 is 22.8 Å². The predicted octanol–water partition coefficient (Wildman–Crippen LogP) is 4.49. The Labute approximate surface area is 162 Å². The molecular weight excluding hydrogens is 406 g/mol. The Bertz CT molecular complexity index is 915. The molecule has 2 rings (SSSR count). The minimum Gasteiger partial charge on any atom is -0.318 e. The van der Waals surface area contributed by atoms with Crippen molar-refractivity contribution in [2.45, 2.75) is 13.1 Å². The van der Waals surface area contributed by atoms with Crippen LogP contribution in [0.15, 0.2) is 47.6 Å². The maximum absolute atomic E-state index is 12.7. The summed E-state index contributed by atoms with van der Waals surface area (Å²) in [5.74, 6) is -2.33. The molecule has 10 heteroatoms. The summed E-state index contributed by atoms with van der Waals surface area (Å²) in [6, 6.07) is 8.54. The van der Waals surface area contributed by atoms with Crippen LogP contribution in [-0.4, -0.2) is 17.5 Å². The summed E-state index contributed by atoms with van der Waals surface area (Å²) in [5.41, 5.74) is 1.67. The van der Waals surface area contributed by atoms with Gasteiger partial charge in [-0.05, 0) is 37.3 Å². The number of carbonyl (C=O) groups is 2. The van der Waals surface area contributed by atoms with Gasteiger partial charge in [0, 0.05) is 16.3 Å². The van der Waals surface area contributed by atoms with Crippen LogP contribution in [0.4, 0.5) is 18.9 Å². The third kappa shape index (κ3) is 5.70. The smallest absolute Gasteiger partial charge is 0.318 e. The average Bonchev–Trinajstić information content (AvgIpc) is 2.58. The van der Waals surface area contributed by atoms with Gasteiger partial charge in [-0.25, -0.2) is 5.43 Å². The lowest BCUT2D eigenvalue weighted by atomic mass is 10.1. The molecule has 2 N–H and O–H groups in total. The Balaban J connectivity index is 2.04. The molecule has 2 amide bonds. The first kappa shape index (κ1) is 20.7. The molecule has 0 saturated heterocycles. The van der Waals surface area contributed by atoms with Crippen LogP contribution in [0.2, 0.25) is 10.0 Å². The van der Waals surface area contributed by atoms with Gasteiger partial charge in [0.05, 0.1) is 16.3 Å². The predicted molar refractivity (Wildman–Crippen MR) is 96.9 cm³/mol. The lowest BCUT2D eigenvalue weighted by molar-refractivity contribution is -0.137. The minimum atomic E-state index is -4.57. The number of nitrogens with one attached hydrogen (secondary N) is 2. The summed E-state index contributed by atoms with van der Waals surface area (Å²) in [7, 11) is 0. The van der Waals surface area contributed by atoms with E-state index in [0.29, 0.717) is 27.4 Å². The van der Waals surface area contributed by atoms with Crippen molar-refractivity contribution in [2.75, 3.05) is 5.32 Å². The van der Waals surface area contributed by atoms with Crippen molar-refractivity contribution in [2.24, 2.45) is 5.10 Å². The Morgan fingerprint density at radius 1 is 1.04 bits per heavy atom. The van der Waals surface area contributed by atoms with E-state index in [0.717, 1.165) is 12.1 Å². The summed E-state index contributed by atoms with van der Waals surface area (Å²) in [5, 5.41) is 6.54. The quantitative estimate of drug-likeness (QED) is 0.438. The molecule has 0 radical (unpaired) electrons. The summed E-state index contributed by atoms with van der Waals surface area (Å²) in [6.07, 6.45) is -4.57. The fourth-order valence-electron chi connectivity index (χ4n) is 1.99. The lowest BCUT2D eigenvalue weighted by Gasteiger charge is -2.09. The Morgan fingerprint density at radius 3 is 2.37 bits per heavy atom. The molecule has 0 fully saturated rings. The largest absolute Gasteiger partial charge is 0.416 e. The summed E-state index contributed by atoms with van der Waals surface area (Å²) < 4.78 is 38.0. The Morgan fingerprint density at radius 2 is 1.74 bits per heavy atom. The van der Waals surface area contributed by atoms with Gasteiger partial charge in [0.15, 0.2) is 0 Å². The minimum absolute atomic E-state index is 0.175. The van der Waals surface area contributed by atoms with Gasteiger partial charge in [-0.2, -0.15) is 18.3 Å². The molecule has 0 atom stereocenters. The number of rotatable bonds is 3. The lowest BCUT2D eigenvalue weighted by Crippen LogP contribution is -2.33. The molecule has 5 nitrogen and oxygen atoms in total. The van der Waals surface area contributed by atoms with Crippen molar-refractivity contribution in [1.82, 2.24) is 5.43 Å². The Hall–Kier alpha value is -2.58. The van der Waals surface area contributed by atoms with Crippen LogP contribution in [0.3, 0.4) is 0 Å². The highest BCUT2D eigenvalue weighted by atomic mass is 35.5. The van der Waals surface area contributed by atoms with E-state index < -0.39 is 23.6 Å². The van der Waals surface area contributed by atoms with Crippen LogP contribution in [0.25, 0.3) is 0 Å². The summed E-state index contributed by atoms with van der Waals surface area (Å²) in [6.45, 7) is 1.54. The van der Waals surface area contributed by atoms with Crippen LogP contribution in [0, 0.1) is 0 Å². The number of halogens is 5. The van der Waals surface area contributed by atoms with Gasteiger partial charge in [0.2, 0.25) is 0 Å². The molecular formula is C17H12Cl2F3N3O2. The molecule has 0 aliphatic carbocycles. The number of amides is 2. The molecule has 0 bridgehead atoms. The molecule has 0 heterocycles. The van der Waals surface area contributed by atoms with Gasteiger partial charge < -0.3 is 5.32 Å². The van der Waals surface area contributed by atoms with Crippen LogP contribution >= 0.6 is 23.2 Å². The summed E-state index contributed by atoms with van der Waals surface area (Å²) >= 11 is 11.8. The SMILES string of the molecule is C/C(=N\NC(=O)C(=O)Nc1cccc(C(F)(F)F)c1)c1ccc(Cl)cc1Cl. The first-order valence-corrected chi connectivity index (χ1v) is 8.12. The second-order valence-electron chi connectivity index (χ2n) is 5.29. The van der Waals surface area contributed by atoms with Gasteiger partial charge in [-0.15, -0.1) is 0 Å². The average molecular weight is 418 g/mol. The fraction of sp³-hybridized carbons (Fsp3) is 0.118. The molecule has 142 valence electrons. The first-order valence-electron chi connectivity index (χ1n) is 7.36. The third-order valence-electron chi connectivity index (χ3n) is 3.30. The van der Waals surface area contributed by atoms with Crippen molar-refractivity contribution in [1.29, 1.82) is 0 Å². The van der Waals surface area contributed by atoms with Gasteiger partial charge >= 0.3 is 18.0 Å². The van der Waals surface area contributed by atoms with Gasteiger partial charge in [0.1, 0.15) is 0 Å². The van der Waals surface area contributed by atoms with Gasteiger partial charge in [-0.3, -0.25) is 9.59 Å². The number of anilines is 1. The highest BCUT2D eigenvalue weighted by Gasteiger charge is 2.30. The standard InChI is InChI=1S/C17H12Cl2F3N3O2/c1-9(13-6-5-11(18)8-14(13)19)24-25-16(27)15(26)23-12-4-2-3-10(7-12)17(20,21)22/h2-8H,1H3,(H,23,26)(H,25,27)/b24-9+. The highest BCUT2D eigenvalue weighted by Crippen LogP contribution is 2.30. The third-order valence-corrected chi connectivity index (χ3v) is 3.85. The number of alkyl halides is 3. The van der Waals surface area contributed by atoms with Gasteiger partial charge in [-0.1, -0.05) is 35.3 Å². The van der Waals surface area contributed by atoms with E-state index in [9.17, 15) is 22.8 Å². The van der Waals surface area contributed by atoms with E-state index in [4.69, 9.17) is 23.2 Å². The maximum atomic E-state index is 12.7. The normalized spacial score (nSPS) is 11.9. The molecule has 0 aliphatic rings.